The maximum absolute atomic E-state index is 12.5. The molecule has 92 valence electrons. The van der Waals surface area contributed by atoms with Gasteiger partial charge in [0.2, 0.25) is 0 Å². The SMILES string of the molecule is N#CC=C(C(=O)c1ccccc1Br)c1ccccc1. The minimum Gasteiger partial charge on any atom is -0.289 e. The van der Waals surface area contributed by atoms with E-state index in [0.29, 0.717) is 11.1 Å². The van der Waals surface area contributed by atoms with Crippen LogP contribution >= 0.6 is 15.9 Å². The Hall–Kier alpha value is -2.18. The third-order valence-corrected chi connectivity index (χ3v) is 3.35. The molecule has 0 saturated carbocycles. The van der Waals surface area contributed by atoms with Gasteiger partial charge >= 0.3 is 0 Å². The number of allylic oxidation sites excluding steroid dienone is 2. The molecular weight excluding hydrogens is 302 g/mol. The van der Waals surface area contributed by atoms with Gasteiger partial charge in [0.05, 0.1) is 6.07 Å². The molecule has 0 fully saturated rings. The monoisotopic (exact) mass is 311 g/mol. The first-order valence-electron chi connectivity index (χ1n) is 5.68. The van der Waals surface area contributed by atoms with Crippen molar-refractivity contribution in [3.8, 4) is 6.07 Å². The Morgan fingerprint density at radius 2 is 1.68 bits per heavy atom. The number of halogens is 1. The van der Waals surface area contributed by atoms with Crippen LogP contribution in [0.15, 0.2) is 65.1 Å². The van der Waals surface area contributed by atoms with E-state index in [1.807, 2.05) is 48.5 Å². The number of rotatable bonds is 3. The van der Waals surface area contributed by atoms with Gasteiger partial charge in [-0.25, -0.2) is 0 Å². The van der Waals surface area contributed by atoms with E-state index in [1.165, 1.54) is 6.08 Å². The zero-order valence-corrected chi connectivity index (χ0v) is 11.6. The second-order valence-electron chi connectivity index (χ2n) is 3.86. The highest BCUT2D eigenvalue weighted by Crippen LogP contribution is 2.24. The van der Waals surface area contributed by atoms with E-state index in [1.54, 1.807) is 12.1 Å². The summed E-state index contributed by atoms with van der Waals surface area (Å²) in [5.41, 5.74) is 1.69. The number of carbonyl (C=O) groups is 1. The zero-order valence-electron chi connectivity index (χ0n) is 10.0. The van der Waals surface area contributed by atoms with Gasteiger partial charge in [0.25, 0.3) is 0 Å². The van der Waals surface area contributed by atoms with Crippen molar-refractivity contribution in [2.75, 3.05) is 0 Å². The number of benzene rings is 2. The summed E-state index contributed by atoms with van der Waals surface area (Å²) in [5.74, 6) is -0.166. The molecule has 0 saturated heterocycles. The number of hydrogen-bond donors (Lipinski definition) is 0. The molecule has 2 rings (SSSR count). The van der Waals surface area contributed by atoms with Crippen LogP contribution < -0.4 is 0 Å². The highest BCUT2D eigenvalue weighted by atomic mass is 79.9. The Morgan fingerprint density at radius 1 is 1.05 bits per heavy atom. The van der Waals surface area contributed by atoms with Gasteiger partial charge in [0, 0.05) is 21.7 Å². The zero-order chi connectivity index (χ0) is 13.7. The van der Waals surface area contributed by atoms with Crippen molar-refractivity contribution in [2.24, 2.45) is 0 Å². The molecular formula is C16H10BrNO. The highest BCUT2D eigenvalue weighted by Gasteiger charge is 2.16. The summed E-state index contributed by atoms with van der Waals surface area (Å²) in [4.78, 5) is 12.5. The summed E-state index contributed by atoms with van der Waals surface area (Å²) in [6.45, 7) is 0. The average Bonchev–Trinajstić information content (AvgIpc) is 2.45. The molecule has 0 aliphatic rings. The van der Waals surface area contributed by atoms with Crippen LogP contribution in [0.5, 0.6) is 0 Å². The van der Waals surface area contributed by atoms with Crippen molar-refractivity contribution in [1.29, 1.82) is 5.26 Å². The second-order valence-corrected chi connectivity index (χ2v) is 4.72. The van der Waals surface area contributed by atoms with Crippen molar-refractivity contribution in [3.63, 3.8) is 0 Å². The molecule has 2 aromatic carbocycles. The van der Waals surface area contributed by atoms with E-state index in [9.17, 15) is 4.79 Å². The van der Waals surface area contributed by atoms with Crippen LogP contribution in [0, 0.1) is 11.3 Å². The topological polar surface area (TPSA) is 40.9 Å². The van der Waals surface area contributed by atoms with E-state index >= 15 is 0 Å². The van der Waals surface area contributed by atoms with Gasteiger partial charge in [-0.15, -0.1) is 0 Å². The van der Waals surface area contributed by atoms with Crippen molar-refractivity contribution >= 4 is 27.3 Å². The largest absolute Gasteiger partial charge is 0.289 e. The molecule has 2 nitrogen and oxygen atoms in total. The standard InChI is InChI=1S/C16H10BrNO/c17-15-9-5-4-8-14(15)16(19)13(10-11-18)12-6-2-1-3-7-12/h1-10H. The van der Waals surface area contributed by atoms with Gasteiger partial charge in [0.1, 0.15) is 0 Å². The van der Waals surface area contributed by atoms with Crippen LogP contribution in [-0.4, -0.2) is 5.78 Å². The first-order chi connectivity index (χ1) is 9.24. The number of hydrogen-bond acceptors (Lipinski definition) is 2. The predicted octanol–water partition coefficient (Wildman–Crippen LogP) is 4.24. The summed E-state index contributed by atoms with van der Waals surface area (Å²) in [6.07, 6.45) is 1.29. The first-order valence-corrected chi connectivity index (χ1v) is 6.48. The lowest BCUT2D eigenvalue weighted by molar-refractivity contribution is 0.105. The lowest BCUT2D eigenvalue weighted by Gasteiger charge is -2.07. The van der Waals surface area contributed by atoms with Crippen LogP contribution in [0.1, 0.15) is 15.9 Å². The molecule has 0 radical (unpaired) electrons. The van der Waals surface area contributed by atoms with Crippen molar-refractivity contribution in [1.82, 2.24) is 0 Å². The molecule has 0 aromatic heterocycles. The minimum atomic E-state index is -0.166. The Bertz CT molecular complexity index is 669. The molecule has 0 aliphatic carbocycles. The summed E-state index contributed by atoms with van der Waals surface area (Å²) in [6, 6.07) is 18.3. The molecule has 0 spiro atoms. The van der Waals surface area contributed by atoms with E-state index in [4.69, 9.17) is 5.26 Å². The molecule has 0 N–H and O–H groups in total. The number of Topliss-reactive ketones (excluding diaryl/α,β-unsaturated/α-hetero) is 1. The minimum absolute atomic E-state index is 0.166. The summed E-state index contributed by atoms with van der Waals surface area (Å²) >= 11 is 3.36. The number of carbonyl (C=O) groups excluding carboxylic acids is 1. The molecule has 19 heavy (non-hydrogen) atoms. The number of ketones is 1. The fourth-order valence-electron chi connectivity index (χ4n) is 1.75. The van der Waals surface area contributed by atoms with Crippen molar-refractivity contribution in [2.45, 2.75) is 0 Å². The number of nitrogens with zero attached hydrogens (tertiary/aromatic N) is 1. The van der Waals surface area contributed by atoms with Gasteiger partial charge in [-0.2, -0.15) is 5.26 Å². The Morgan fingerprint density at radius 3 is 2.32 bits per heavy atom. The third kappa shape index (κ3) is 2.98. The van der Waals surface area contributed by atoms with Gasteiger partial charge in [-0.05, 0) is 17.7 Å². The quantitative estimate of drug-likeness (QED) is 0.483. The highest BCUT2D eigenvalue weighted by molar-refractivity contribution is 9.10. The molecule has 0 atom stereocenters. The molecule has 3 heteroatoms. The van der Waals surface area contributed by atoms with Crippen molar-refractivity contribution < 1.29 is 4.79 Å². The van der Waals surface area contributed by atoms with E-state index in [2.05, 4.69) is 15.9 Å². The molecule has 2 aromatic rings. The fourth-order valence-corrected chi connectivity index (χ4v) is 2.22. The molecule has 0 amide bonds. The molecule has 0 unspecified atom stereocenters. The van der Waals surface area contributed by atoms with Gasteiger partial charge in [0.15, 0.2) is 5.78 Å². The molecule has 0 bridgehead atoms. The molecule has 0 heterocycles. The predicted molar refractivity (Wildman–Crippen MR) is 78.5 cm³/mol. The lowest BCUT2D eigenvalue weighted by Crippen LogP contribution is -2.03. The molecule has 0 aliphatic heterocycles. The lowest BCUT2D eigenvalue weighted by atomic mass is 9.97. The number of nitriles is 1. The summed E-state index contributed by atoms with van der Waals surface area (Å²) in [5, 5.41) is 8.87. The van der Waals surface area contributed by atoms with Crippen LogP contribution in [-0.2, 0) is 0 Å². The van der Waals surface area contributed by atoms with E-state index < -0.39 is 0 Å². The van der Waals surface area contributed by atoms with Crippen LogP contribution in [0.25, 0.3) is 5.57 Å². The van der Waals surface area contributed by atoms with Gasteiger partial charge in [-0.1, -0.05) is 58.4 Å². The summed E-state index contributed by atoms with van der Waals surface area (Å²) in [7, 11) is 0. The maximum atomic E-state index is 12.5. The van der Waals surface area contributed by atoms with E-state index in [0.717, 1.165) is 10.0 Å². The normalized spacial score (nSPS) is 10.8. The Kier molecular flexibility index (Phi) is 4.27. The smallest absolute Gasteiger partial charge is 0.195 e. The Balaban J connectivity index is 2.49. The van der Waals surface area contributed by atoms with Gasteiger partial charge in [-0.3, -0.25) is 4.79 Å². The summed E-state index contributed by atoms with van der Waals surface area (Å²) < 4.78 is 0.722. The average molecular weight is 312 g/mol. The van der Waals surface area contributed by atoms with Crippen LogP contribution in [0.2, 0.25) is 0 Å². The second kappa shape index (κ2) is 6.12. The fraction of sp³-hybridized carbons (Fsp3) is 0. The van der Waals surface area contributed by atoms with E-state index in [-0.39, 0.29) is 5.78 Å². The first kappa shape index (κ1) is 13.3. The van der Waals surface area contributed by atoms with Crippen LogP contribution in [0.3, 0.4) is 0 Å². The van der Waals surface area contributed by atoms with Crippen LogP contribution in [0.4, 0.5) is 0 Å². The van der Waals surface area contributed by atoms with Gasteiger partial charge < -0.3 is 0 Å². The maximum Gasteiger partial charge on any atom is 0.195 e. The third-order valence-electron chi connectivity index (χ3n) is 2.66. The van der Waals surface area contributed by atoms with Crippen molar-refractivity contribution in [3.05, 3.63) is 76.3 Å². The Labute approximate surface area is 120 Å².